The van der Waals surface area contributed by atoms with Crippen molar-refractivity contribution >= 4 is 44.2 Å². The van der Waals surface area contributed by atoms with Gasteiger partial charge in [-0.1, -0.05) is 12.5 Å². The fourth-order valence-corrected chi connectivity index (χ4v) is 5.15. The summed E-state index contributed by atoms with van der Waals surface area (Å²) in [4.78, 5) is 12.6. The Morgan fingerprint density at radius 2 is 1.81 bits per heavy atom. The summed E-state index contributed by atoms with van der Waals surface area (Å²) in [5.41, 5.74) is 0.713. The molecule has 5 nitrogen and oxygen atoms in total. The summed E-state index contributed by atoms with van der Waals surface area (Å²) in [6.07, 6.45) is 2.76. The first-order chi connectivity index (χ1) is 12.4. The summed E-state index contributed by atoms with van der Waals surface area (Å²) in [5, 5.41) is 2.68. The van der Waals surface area contributed by atoms with Crippen LogP contribution in [0.2, 0.25) is 0 Å². The zero-order chi connectivity index (χ0) is 18.7. The smallest absolute Gasteiger partial charge is 0.256 e. The van der Waals surface area contributed by atoms with Crippen LogP contribution in [0.5, 0.6) is 0 Å². The number of halogens is 2. The summed E-state index contributed by atoms with van der Waals surface area (Å²) in [5.74, 6) is -0.831. The third kappa shape index (κ3) is 4.24. The lowest BCUT2D eigenvalue weighted by atomic mass is 10.2. The monoisotopic (exact) mass is 488 g/mol. The van der Waals surface area contributed by atoms with Gasteiger partial charge in [0.2, 0.25) is 10.0 Å². The molecule has 1 heterocycles. The first kappa shape index (κ1) is 19.2. The number of carbonyl (C=O) groups is 1. The van der Waals surface area contributed by atoms with E-state index in [1.165, 1.54) is 34.6 Å². The van der Waals surface area contributed by atoms with Crippen molar-refractivity contribution in [3.05, 3.63) is 57.4 Å². The third-order valence-electron chi connectivity index (χ3n) is 4.22. The zero-order valence-electron chi connectivity index (χ0n) is 13.9. The standard InChI is InChI=1S/C18H18FIN2O3S/c19-13-7-8-16(17(20)11-13)18(23)21-14-5-4-6-15(12-14)26(24,25)22-9-2-1-3-10-22/h4-8,11-12H,1-3,9-10H2,(H,21,23). The molecule has 1 aliphatic heterocycles. The van der Waals surface area contributed by atoms with E-state index in [4.69, 9.17) is 0 Å². The molecule has 2 aromatic rings. The van der Waals surface area contributed by atoms with Gasteiger partial charge in [0.15, 0.2) is 0 Å². The maximum absolute atomic E-state index is 13.2. The lowest BCUT2D eigenvalue weighted by Crippen LogP contribution is -2.35. The van der Waals surface area contributed by atoms with Gasteiger partial charge in [-0.15, -0.1) is 0 Å². The molecule has 0 aliphatic carbocycles. The number of carbonyl (C=O) groups excluding carboxylic acids is 1. The van der Waals surface area contributed by atoms with Crippen LogP contribution < -0.4 is 5.32 Å². The number of hydrogen-bond acceptors (Lipinski definition) is 3. The van der Waals surface area contributed by atoms with E-state index in [0.717, 1.165) is 19.3 Å². The number of anilines is 1. The largest absolute Gasteiger partial charge is 0.322 e. The Kier molecular flexibility index (Phi) is 5.93. The van der Waals surface area contributed by atoms with Gasteiger partial charge in [0, 0.05) is 22.3 Å². The summed E-state index contributed by atoms with van der Waals surface area (Å²) in [6, 6.07) is 10.1. The highest BCUT2D eigenvalue weighted by molar-refractivity contribution is 14.1. The second kappa shape index (κ2) is 8.01. The quantitative estimate of drug-likeness (QED) is 0.665. The van der Waals surface area contributed by atoms with Crippen LogP contribution in [-0.4, -0.2) is 31.7 Å². The molecular weight excluding hydrogens is 470 g/mol. The zero-order valence-corrected chi connectivity index (χ0v) is 16.9. The van der Waals surface area contributed by atoms with E-state index in [2.05, 4.69) is 5.32 Å². The van der Waals surface area contributed by atoms with E-state index in [1.807, 2.05) is 22.6 Å². The summed E-state index contributed by atoms with van der Waals surface area (Å²) >= 11 is 1.89. The number of benzene rings is 2. The van der Waals surface area contributed by atoms with E-state index < -0.39 is 21.7 Å². The van der Waals surface area contributed by atoms with Crippen LogP contribution in [-0.2, 0) is 10.0 Å². The minimum Gasteiger partial charge on any atom is -0.322 e. The van der Waals surface area contributed by atoms with E-state index in [1.54, 1.807) is 12.1 Å². The van der Waals surface area contributed by atoms with Crippen molar-refractivity contribution in [3.63, 3.8) is 0 Å². The number of nitrogens with zero attached hydrogens (tertiary/aromatic N) is 1. The predicted molar refractivity (Wildman–Crippen MR) is 106 cm³/mol. The Morgan fingerprint density at radius 3 is 2.50 bits per heavy atom. The minimum absolute atomic E-state index is 0.158. The van der Waals surface area contributed by atoms with Gasteiger partial charge in [0.05, 0.1) is 10.5 Å². The molecule has 0 radical (unpaired) electrons. The Hall–Kier alpha value is -1.52. The van der Waals surface area contributed by atoms with Gasteiger partial charge in [0.1, 0.15) is 5.82 Å². The molecule has 26 heavy (non-hydrogen) atoms. The summed E-state index contributed by atoms with van der Waals surface area (Å²) < 4.78 is 40.7. The van der Waals surface area contributed by atoms with Crippen LogP contribution in [0, 0.1) is 9.39 Å². The number of sulfonamides is 1. The predicted octanol–water partition coefficient (Wildman–Crippen LogP) is 3.86. The first-order valence-electron chi connectivity index (χ1n) is 8.24. The number of amides is 1. The highest BCUT2D eigenvalue weighted by Crippen LogP contribution is 2.23. The Labute approximate surface area is 165 Å². The molecule has 0 atom stereocenters. The van der Waals surface area contributed by atoms with Crippen LogP contribution in [0.1, 0.15) is 29.6 Å². The molecule has 0 aromatic heterocycles. The topological polar surface area (TPSA) is 66.5 Å². The second-order valence-electron chi connectivity index (χ2n) is 6.07. The van der Waals surface area contributed by atoms with Gasteiger partial charge in [-0.2, -0.15) is 4.31 Å². The van der Waals surface area contributed by atoms with Crippen molar-refractivity contribution in [2.24, 2.45) is 0 Å². The lowest BCUT2D eigenvalue weighted by Gasteiger charge is -2.26. The van der Waals surface area contributed by atoms with E-state index in [9.17, 15) is 17.6 Å². The second-order valence-corrected chi connectivity index (χ2v) is 9.17. The van der Waals surface area contributed by atoms with Gasteiger partial charge in [-0.05, 0) is 71.8 Å². The molecule has 8 heteroatoms. The Morgan fingerprint density at radius 1 is 1.08 bits per heavy atom. The SMILES string of the molecule is O=C(Nc1cccc(S(=O)(=O)N2CCCCC2)c1)c1ccc(F)cc1I. The lowest BCUT2D eigenvalue weighted by molar-refractivity contribution is 0.102. The molecule has 0 bridgehead atoms. The number of rotatable bonds is 4. The van der Waals surface area contributed by atoms with Gasteiger partial charge in [-0.3, -0.25) is 4.79 Å². The van der Waals surface area contributed by atoms with Crippen molar-refractivity contribution in [2.45, 2.75) is 24.2 Å². The number of nitrogens with one attached hydrogen (secondary N) is 1. The molecule has 1 N–H and O–H groups in total. The Balaban J connectivity index is 1.82. The van der Waals surface area contributed by atoms with Crippen LogP contribution in [0.25, 0.3) is 0 Å². The molecule has 1 fully saturated rings. The van der Waals surface area contributed by atoms with Crippen LogP contribution in [0.15, 0.2) is 47.4 Å². The normalized spacial score (nSPS) is 15.6. The third-order valence-corrected chi connectivity index (χ3v) is 7.01. The molecule has 0 spiro atoms. The average Bonchev–Trinajstić information content (AvgIpc) is 2.62. The molecule has 138 valence electrons. The van der Waals surface area contributed by atoms with Gasteiger partial charge >= 0.3 is 0 Å². The molecule has 0 unspecified atom stereocenters. The van der Waals surface area contributed by atoms with Gasteiger partial charge in [-0.25, -0.2) is 12.8 Å². The van der Waals surface area contributed by atoms with Crippen LogP contribution >= 0.6 is 22.6 Å². The maximum Gasteiger partial charge on any atom is 0.256 e. The van der Waals surface area contributed by atoms with Crippen LogP contribution in [0.4, 0.5) is 10.1 Å². The molecule has 3 rings (SSSR count). The summed E-state index contributed by atoms with van der Waals surface area (Å²) in [6.45, 7) is 1.04. The van der Waals surface area contributed by atoms with Crippen molar-refractivity contribution in [1.29, 1.82) is 0 Å². The van der Waals surface area contributed by atoms with Crippen molar-refractivity contribution in [3.8, 4) is 0 Å². The Bertz CT molecular complexity index is 928. The fourth-order valence-electron chi connectivity index (χ4n) is 2.86. The van der Waals surface area contributed by atoms with Crippen molar-refractivity contribution in [2.75, 3.05) is 18.4 Å². The number of piperidine rings is 1. The molecule has 1 aliphatic rings. The van der Waals surface area contributed by atoms with E-state index in [0.29, 0.717) is 27.9 Å². The molecule has 1 saturated heterocycles. The van der Waals surface area contributed by atoms with Crippen molar-refractivity contribution in [1.82, 2.24) is 4.31 Å². The summed E-state index contributed by atoms with van der Waals surface area (Å²) in [7, 11) is -3.57. The highest BCUT2D eigenvalue weighted by atomic mass is 127. The maximum atomic E-state index is 13.2. The number of hydrogen-bond donors (Lipinski definition) is 1. The van der Waals surface area contributed by atoms with Gasteiger partial charge < -0.3 is 5.32 Å². The fraction of sp³-hybridized carbons (Fsp3) is 0.278. The first-order valence-corrected chi connectivity index (χ1v) is 10.8. The van der Waals surface area contributed by atoms with E-state index >= 15 is 0 Å². The molecular formula is C18H18FIN2O3S. The molecule has 1 amide bonds. The highest BCUT2D eigenvalue weighted by Gasteiger charge is 2.26. The molecule has 0 saturated carbocycles. The van der Waals surface area contributed by atoms with Crippen molar-refractivity contribution < 1.29 is 17.6 Å². The average molecular weight is 488 g/mol. The van der Waals surface area contributed by atoms with E-state index in [-0.39, 0.29) is 4.90 Å². The molecule has 2 aromatic carbocycles. The van der Waals surface area contributed by atoms with Crippen LogP contribution in [0.3, 0.4) is 0 Å². The van der Waals surface area contributed by atoms with Gasteiger partial charge in [0.25, 0.3) is 5.91 Å². The minimum atomic E-state index is -3.57.